The molecule has 0 radical (unpaired) electrons. The van der Waals surface area contributed by atoms with Crippen molar-refractivity contribution in [3.63, 3.8) is 0 Å². The molecule has 0 saturated carbocycles. The number of halogens is 1. The Morgan fingerprint density at radius 2 is 1.25 bits per heavy atom. The molecule has 50 valence electrons. The second-order valence-electron chi connectivity index (χ2n) is 2.21. The van der Waals surface area contributed by atoms with Crippen molar-refractivity contribution in [2.45, 2.75) is 33.3 Å². The third kappa shape index (κ3) is 2.95. The van der Waals surface area contributed by atoms with Crippen LogP contribution < -0.4 is 0 Å². The molecule has 0 saturated heterocycles. The SMILES string of the molecule is C[CH2][Hf]([I])([CH2]C)[CH2]C. The molecular weight excluding hydrogens is 377 g/mol. The van der Waals surface area contributed by atoms with E-state index in [1.165, 1.54) is 12.5 Å². The maximum absolute atomic E-state index is 2.79. The Labute approximate surface area is 66.5 Å². The Bertz CT molecular complexity index is 51.3. The first-order valence-electron chi connectivity index (χ1n) is 3.37. The van der Waals surface area contributed by atoms with Gasteiger partial charge in [-0.1, -0.05) is 0 Å². The van der Waals surface area contributed by atoms with Crippen LogP contribution >= 0.6 is 18.1 Å². The molecule has 0 aromatic carbocycles. The summed E-state index contributed by atoms with van der Waals surface area (Å²) in [6, 6.07) is 0. The number of hydrogen-bond acceptors (Lipinski definition) is 0. The molecule has 2 heteroatoms. The van der Waals surface area contributed by atoms with Gasteiger partial charge < -0.3 is 0 Å². The molecule has 8 heavy (non-hydrogen) atoms. The monoisotopic (exact) mass is 394 g/mol. The van der Waals surface area contributed by atoms with Crippen molar-refractivity contribution in [1.82, 2.24) is 0 Å². The normalized spacial score (nSPS) is 12.0. The van der Waals surface area contributed by atoms with Crippen LogP contribution in [0, 0.1) is 0 Å². The van der Waals surface area contributed by atoms with Crippen molar-refractivity contribution in [2.75, 3.05) is 0 Å². The number of hydrogen-bond donors (Lipinski definition) is 0. The van der Waals surface area contributed by atoms with Crippen LogP contribution in [0.5, 0.6) is 0 Å². The third-order valence-corrected chi connectivity index (χ3v) is 34.3. The Kier molecular flexibility index (Phi) is 5.31. The average Bonchev–Trinajstić information content (AvgIpc) is 1.87. The second-order valence-corrected chi connectivity index (χ2v) is 36.8. The Hall–Kier alpha value is 1.60. The molecule has 0 aliphatic heterocycles. The molecule has 0 rings (SSSR count). The van der Waals surface area contributed by atoms with Crippen LogP contribution in [-0.4, -0.2) is 0 Å². The standard InChI is InChI=1S/3C2H5.Hf.HI/c3*1-2;;/h3*1H2,2H3;;1H/q;;;+1;/p-1. The molecule has 0 aromatic heterocycles. The molecule has 0 heterocycles. The van der Waals surface area contributed by atoms with E-state index in [0.29, 0.717) is 0 Å². The van der Waals surface area contributed by atoms with Crippen LogP contribution in [0.1, 0.15) is 20.8 Å². The number of rotatable bonds is 3. The second kappa shape index (κ2) is 4.42. The van der Waals surface area contributed by atoms with Gasteiger partial charge in [0.1, 0.15) is 0 Å². The fraction of sp³-hybridized carbons (Fsp3) is 1.00. The zero-order valence-electron chi connectivity index (χ0n) is 6.00. The van der Waals surface area contributed by atoms with Crippen LogP contribution in [0.3, 0.4) is 0 Å². The van der Waals surface area contributed by atoms with E-state index in [1.54, 1.807) is 0 Å². The molecule has 0 aliphatic rings. The molecule has 0 aliphatic carbocycles. The summed E-state index contributed by atoms with van der Waals surface area (Å²) >= 11 is 1.31. The predicted octanol–water partition coefficient (Wildman–Crippen LogP) is 3.80. The summed E-state index contributed by atoms with van der Waals surface area (Å²) in [5.74, 6) is 0. The zero-order chi connectivity index (χ0) is 6.62. The van der Waals surface area contributed by atoms with Gasteiger partial charge in [0.25, 0.3) is 0 Å². The fourth-order valence-electron chi connectivity index (χ4n) is 0.750. The Morgan fingerprint density at radius 1 is 1.00 bits per heavy atom. The Balaban J connectivity index is 3.58. The van der Waals surface area contributed by atoms with Crippen molar-refractivity contribution in [3.8, 4) is 0 Å². The summed E-state index contributed by atoms with van der Waals surface area (Å²) in [7, 11) is 0. The van der Waals surface area contributed by atoms with Crippen molar-refractivity contribution < 1.29 is 15.8 Å². The van der Waals surface area contributed by atoms with E-state index >= 15 is 0 Å². The van der Waals surface area contributed by atoms with Gasteiger partial charge in [0.05, 0.1) is 0 Å². The molecule has 0 amide bonds. The summed E-state index contributed by atoms with van der Waals surface area (Å²) in [6.45, 7) is 7.09. The minimum absolute atomic E-state index is 1.48. The molecule has 0 unspecified atom stereocenters. The molecular formula is C6H15HfI. The molecule has 0 bridgehead atoms. The van der Waals surface area contributed by atoms with E-state index in [9.17, 15) is 0 Å². The van der Waals surface area contributed by atoms with Gasteiger partial charge in [-0.2, -0.15) is 0 Å². The van der Waals surface area contributed by atoms with E-state index < -0.39 is 15.8 Å². The summed E-state index contributed by atoms with van der Waals surface area (Å²) < 4.78 is 4.58. The van der Waals surface area contributed by atoms with E-state index in [2.05, 4.69) is 38.9 Å². The molecule has 0 fully saturated rings. The Morgan fingerprint density at radius 3 is 1.25 bits per heavy atom. The van der Waals surface area contributed by atoms with Gasteiger partial charge in [-0.3, -0.25) is 0 Å². The van der Waals surface area contributed by atoms with Crippen LogP contribution in [0.2, 0.25) is 12.5 Å². The van der Waals surface area contributed by atoms with Gasteiger partial charge >= 0.3 is 67.3 Å². The van der Waals surface area contributed by atoms with E-state index in [4.69, 9.17) is 0 Å². The van der Waals surface area contributed by atoms with E-state index in [1.807, 2.05) is 0 Å². The first kappa shape index (κ1) is 9.60. The average molecular weight is 393 g/mol. The molecule has 0 aromatic rings. The first-order valence-corrected chi connectivity index (χ1v) is 21.2. The van der Waals surface area contributed by atoms with Crippen LogP contribution in [0.15, 0.2) is 0 Å². The van der Waals surface area contributed by atoms with Crippen molar-refractivity contribution in [3.05, 3.63) is 0 Å². The van der Waals surface area contributed by atoms with Gasteiger partial charge in [0.15, 0.2) is 0 Å². The van der Waals surface area contributed by atoms with Gasteiger partial charge in [-0.05, 0) is 0 Å². The van der Waals surface area contributed by atoms with E-state index in [0.717, 1.165) is 0 Å². The van der Waals surface area contributed by atoms with Crippen molar-refractivity contribution in [1.29, 1.82) is 0 Å². The van der Waals surface area contributed by atoms with Gasteiger partial charge in [0, 0.05) is 0 Å². The van der Waals surface area contributed by atoms with Crippen molar-refractivity contribution in [2.24, 2.45) is 0 Å². The zero-order valence-corrected chi connectivity index (χ0v) is 11.7. The van der Waals surface area contributed by atoms with Crippen LogP contribution in [0.4, 0.5) is 0 Å². The molecule has 0 spiro atoms. The van der Waals surface area contributed by atoms with Crippen LogP contribution in [0.25, 0.3) is 0 Å². The van der Waals surface area contributed by atoms with Crippen LogP contribution in [-0.2, 0) is 15.8 Å². The van der Waals surface area contributed by atoms with Gasteiger partial charge in [-0.25, -0.2) is 0 Å². The maximum atomic E-state index is 2.79. The van der Waals surface area contributed by atoms with Crippen molar-refractivity contribution >= 4 is 18.1 Å². The summed E-state index contributed by atoms with van der Waals surface area (Å²) in [4.78, 5) is 0. The quantitative estimate of drug-likeness (QED) is 0.506. The first-order chi connectivity index (χ1) is 3.68. The predicted molar refractivity (Wildman–Crippen MR) is 45.5 cm³/mol. The molecule has 0 nitrogen and oxygen atoms in total. The fourth-order valence-corrected chi connectivity index (χ4v) is 6.14. The molecule has 0 N–H and O–H groups in total. The topological polar surface area (TPSA) is 0 Å². The summed E-state index contributed by atoms with van der Waals surface area (Å²) in [6.07, 6.45) is 0. The van der Waals surface area contributed by atoms with E-state index in [-0.39, 0.29) is 0 Å². The third-order valence-electron chi connectivity index (χ3n) is 1.90. The molecule has 0 atom stereocenters. The minimum atomic E-state index is -1.48. The summed E-state index contributed by atoms with van der Waals surface area (Å²) in [5.41, 5.74) is 0. The summed E-state index contributed by atoms with van der Waals surface area (Å²) in [5, 5.41) is 0. The van der Waals surface area contributed by atoms with Gasteiger partial charge in [-0.15, -0.1) is 0 Å². The van der Waals surface area contributed by atoms with Gasteiger partial charge in [0.2, 0.25) is 0 Å².